The fourth-order valence-corrected chi connectivity index (χ4v) is 1.54. The van der Waals surface area contributed by atoms with Crippen molar-refractivity contribution in [1.82, 2.24) is 4.90 Å². The van der Waals surface area contributed by atoms with Crippen molar-refractivity contribution in [2.45, 2.75) is 45.0 Å². The predicted octanol–water partition coefficient (Wildman–Crippen LogP) is 1.42. The molecular weight excluding hydrogens is 217 g/mol. The van der Waals surface area contributed by atoms with Crippen LogP contribution in [0.5, 0.6) is 0 Å². The van der Waals surface area contributed by atoms with Gasteiger partial charge in [0.15, 0.2) is 0 Å². The van der Waals surface area contributed by atoms with Crippen LogP contribution in [-0.2, 0) is 9.53 Å². The zero-order valence-electron chi connectivity index (χ0n) is 9.57. The van der Waals surface area contributed by atoms with Crippen molar-refractivity contribution in [3.63, 3.8) is 0 Å². The first-order valence-electron chi connectivity index (χ1n) is 5.07. The molecule has 1 fully saturated rings. The Morgan fingerprint density at radius 1 is 1.44 bits per heavy atom. The third-order valence-corrected chi connectivity index (χ3v) is 2.16. The van der Waals surface area contributed by atoms with Gasteiger partial charge in [0.05, 0.1) is 6.54 Å². The minimum absolute atomic E-state index is 0.172. The van der Waals surface area contributed by atoms with Crippen LogP contribution in [0.3, 0.4) is 0 Å². The number of nitrogens with zero attached hydrogens (tertiary/aromatic N) is 1. The van der Waals surface area contributed by atoms with Crippen molar-refractivity contribution in [2.24, 2.45) is 0 Å². The molecule has 0 aromatic rings. The maximum atomic E-state index is 13.1. The molecule has 1 rings (SSSR count). The molecule has 0 radical (unpaired) electrons. The van der Waals surface area contributed by atoms with Crippen LogP contribution in [0.1, 0.15) is 27.2 Å². The lowest BCUT2D eigenvalue weighted by Gasteiger charge is -2.26. The van der Waals surface area contributed by atoms with E-state index in [1.165, 1.54) is 0 Å². The lowest BCUT2D eigenvalue weighted by Crippen LogP contribution is -2.43. The standard InChI is InChI=1S/C10H16FNO4/c1-10(2,3)16-9(15)12-5-6(11)4-7(12)8(13)14/h6-7H,4-5H2,1-3H3,(H,13,14)/t6-,7?/m0/s1. The molecule has 2 atom stereocenters. The van der Waals surface area contributed by atoms with Gasteiger partial charge in [-0.25, -0.2) is 14.0 Å². The minimum atomic E-state index is -1.30. The van der Waals surface area contributed by atoms with Crippen molar-refractivity contribution in [3.05, 3.63) is 0 Å². The van der Waals surface area contributed by atoms with Crippen LogP contribution < -0.4 is 0 Å². The van der Waals surface area contributed by atoms with Gasteiger partial charge in [-0.05, 0) is 20.8 Å². The van der Waals surface area contributed by atoms with Crippen LogP contribution in [0.25, 0.3) is 0 Å². The Hall–Kier alpha value is -1.33. The van der Waals surface area contributed by atoms with E-state index in [1.807, 2.05) is 0 Å². The summed E-state index contributed by atoms with van der Waals surface area (Å²) < 4.78 is 18.1. The number of hydrogen-bond acceptors (Lipinski definition) is 3. The van der Waals surface area contributed by atoms with Crippen LogP contribution >= 0.6 is 0 Å². The van der Waals surface area contributed by atoms with Gasteiger partial charge in [-0.15, -0.1) is 0 Å². The molecule has 92 valence electrons. The SMILES string of the molecule is CC(C)(C)OC(=O)N1C[C@@H](F)CC1C(=O)O. The van der Waals surface area contributed by atoms with E-state index in [0.717, 1.165) is 4.90 Å². The number of aliphatic carboxylic acids is 1. The highest BCUT2D eigenvalue weighted by Crippen LogP contribution is 2.23. The van der Waals surface area contributed by atoms with Crippen LogP contribution in [0.2, 0.25) is 0 Å². The molecule has 1 aliphatic heterocycles. The van der Waals surface area contributed by atoms with E-state index in [-0.39, 0.29) is 13.0 Å². The first-order chi connectivity index (χ1) is 7.20. The highest BCUT2D eigenvalue weighted by atomic mass is 19.1. The van der Waals surface area contributed by atoms with E-state index in [2.05, 4.69) is 0 Å². The fourth-order valence-electron chi connectivity index (χ4n) is 1.54. The van der Waals surface area contributed by atoms with Gasteiger partial charge in [-0.1, -0.05) is 0 Å². The molecule has 1 N–H and O–H groups in total. The average molecular weight is 233 g/mol. The normalized spacial score (nSPS) is 25.6. The molecule has 1 unspecified atom stereocenters. The van der Waals surface area contributed by atoms with Crippen LogP contribution in [0.15, 0.2) is 0 Å². The summed E-state index contributed by atoms with van der Waals surface area (Å²) >= 11 is 0. The summed E-state index contributed by atoms with van der Waals surface area (Å²) in [6, 6.07) is -1.12. The largest absolute Gasteiger partial charge is 0.480 e. The molecular formula is C10H16FNO4. The van der Waals surface area contributed by atoms with Gasteiger partial charge in [0.25, 0.3) is 0 Å². The van der Waals surface area contributed by atoms with E-state index >= 15 is 0 Å². The van der Waals surface area contributed by atoms with Gasteiger partial charge in [0.1, 0.15) is 17.8 Å². The Morgan fingerprint density at radius 3 is 2.44 bits per heavy atom. The maximum absolute atomic E-state index is 13.1. The van der Waals surface area contributed by atoms with Crippen LogP contribution in [0, 0.1) is 0 Å². The quantitative estimate of drug-likeness (QED) is 0.743. The van der Waals surface area contributed by atoms with Crippen LogP contribution in [0.4, 0.5) is 9.18 Å². The van der Waals surface area contributed by atoms with Crippen molar-refractivity contribution in [1.29, 1.82) is 0 Å². The van der Waals surface area contributed by atoms with Crippen LogP contribution in [-0.4, -0.2) is 46.4 Å². The second kappa shape index (κ2) is 4.27. The van der Waals surface area contributed by atoms with Gasteiger partial charge in [-0.3, -0.25) is 4.90 Å². The number of alkyl halides is 1. The second-order valence-electron chi connectivity index (χ2n) is 4.82. The van der Waals surface area contributed by atoms with Crippen molar-refractivity contribution >= 4 is 12.1 Å². The predicted molar refractivity (Wildman–Crippen MR) is 53.9 cm³/mol. The molecule has 0 aromatic carbocycles. The molecule has 6 heteroatoms. The maximum Gasteiger partial charge on any atom is 0.411 e. The number of likely N-dealkylation sites (tertiary alicyclic amines) is 1. The third kappa shape index (κ3) is 3.08. The topological polar surface area (TPSA) is 66.8 Å². The van der Waals surface area contributed by atoms with E-state index in [9.17, 15) is 14.0 Å². The lowest BCUT2D eigenvalue weighted by molar-refractivity contribution is -0.142. The molecule has 1 aliphatic rings. The van der Waals surface area contributed by atoms with Gasteiger partial charge >= 0.3 is 12.1 Å². The zero-order chi connectivity index (χ0) is 12.5. The molecule has 5 nitrogen and oxygen atoms in total. The summed E-state index contributed by atoms with van der Waals surface area (Å²) in [4.78, 5) is 23.3. The Morgan fingerprint density at radius 2 is 2.00 bits per heavy atom. The molecule has 1 heterocycles. The summed E-state index contributed by atoms with van der Waals surface area (Å²) in [5.41, 5.74) is -0.714. The minimum Gasteiger partial charge on any atom is -0.480 e. The number of carboxylic acid groups (broad SMARTS) is 1. The van der Waals surface area contributed by atoms with Gasteiger partial charge in [0.2, 0.25) is 0 Å². The highest BCUT2D eigenvalue weighted by molar-refractivity contribution is 5.81. The lowest BCUT2D eigenvalue weighted by atomic mass is 10.2. The monoisotopic (exact) mass is 233 g/mol. The fraction of sp³-hybridized carbons (Fsp3) is 0.800. The van der Waals surface area contributed by atoms with Gasteiger partial charge < -0.3 is 9.84 Å². The summed E-state index contributed by atoms with van der Waals surface area (Å²) in [7, 11) is 0. The van der Waals surface area contributed by atoms with E-state index < -0.39 is 29.9 Å². The molecule has 1 amide bonds. The van der Waals surface area contributed by atoms with E-state index in [1.54, 1.807) is 20.8 Å². The highest BCUT2D eigenvalue weighted by Gasteiger charge is 2.41. The summed E-state index contributed by atoms with van der Waals surface area (Å²) in [5, 5.41) is 8.83. The Balaban J connectivity index is 2.71. The number of hydrogen-bond donors (Lipinski definition) is 1. The molecule has 0 aliphatic carbocycles. The van der Waals surface area contributed by atoms with Gasteiger partial charge in [-0.2, -0.15) is 0 Å². The third-order valence-electron chi connectivity index (χ3n) is 2.16. The second-order valence-corrected chi connectivity index (χ2v) is 4.82. The molecule has 1 saturated heterocycles. The number of carboxylic acids is 1. The Kier molecular flexibility index (Phi) is 3.40. The molecule has 0 bridgehead atoms. The van der Waals surface area contributed by atoms with E-state index in [0.29, 0.717) is 0 Å². The zero-order valence-corrected chi connectivity index (χ0v) is 9.57. The van der Waals surface area contributed by atoms with E-state index in [4.69, 9.17) is 9.84 Å². The molecule has 0 spiro atoms. The van der Waals surface area contributed by atoms with Gasteiger partial charge in [0, 0.05) is 6.42 Å². The molecule has 0 aromatic heterocycles. The smallest absolute Gasteiger partial charge is 0.411 e. The summed E-state index contributed by atoms with van der Waals surface area (Å²) in [6.45, 7) is 4.79. The number of halogens is 1. The number of amides is 1. The van der Waals surface area contributed by atoms with Crippen molar-refractivity contribution in [2.75, 3.05) is 6.54 Å². The number of carbonyl (C=O) groups is 2. The number of carbonyl (C=O) groups excluding carboxylic acids is 1. The van der Waals surface area contributed by atoms with Crippen molar-refractivity contribution in [3.8, 4) is 0 Å². The first kappa shape index (κ1) is 12.7. The number of rotatable bonds is 1. The summed E-state index contributed by atoms with van der Waals surface area (Å²) in [6.07, 6.45) is -2.25. The average Bonchev–Trinajstić information content (AvgIpc) is 2.44. The van der Waals surface area contributed by atoms with Crippen molar-refractivity contribution < 1.29 is 23.8 Å². The molecule has 16 heavy (non-hydrogen) atoms. The molecule has 0 saturated carbocycles. The number of ether oxygens (including phenoxy) is 1. The Labute approximate surface area is 93.2 Å². The Bertz CT molecular complexity index is 300. The first-order valence-corrected chi connectivity index (χ1v) is 5.07. The summed E-state index contributed by atoms with van der Waals surface area (Å²) in [5.74, 6) is -1.20.